The fourth-order valence-electron chi connectivity index (χ4n) is 2.16. The van der Waals surface area contributed by atoms with Gasteiger partial charge in [-0.25, -0.2) is 9.78 Å². The molecular formula is C17H14N2O3. The SMILES string of the molecule is C[C@H](OC(=O)c1ccccc1)c1nc2ccccc2c(=O)[nH]1. The molecule has 0 saturated heterocycles. The number of ether oxygens (including phenoxy) is 1. The number of hydrogen-bond donors (Lipinski definition) is 1. The van der Waals surface area contributed by atoms with Crippen molar-refractivity contribution in [3.05, 3.63) is 76.3 Å². The third kappa shape index (κ3) is 2.74. The van der Waals surface area contributed by atoms with E-state index in [1.165, 1.54) is 0 Å². The summed E-state index contributed by atoms with van der Waals surface area (Å²) in [6.07, 6.45) is -0.648. The molecule has 0 saturated carbocycles. The van der Waals surface area contributed by atoms with Crippen LogP contribution in [0, 0.1) is 0 Å². The second kappa shape index (κ2) is 5.81. The Balaban J connectivity index is 1.88. The van der Waals surface area contributed by atoms with Crippen LogP contribution in [0.4, 0.5) is 0 Å². The number of para-hydroxylation sites is 1. The van der Waals surface area contributed by atoms with Crippen LogP contribution in [0.1, 0.15) is 29.2 Å². The maximum Gasteiger partial charge on any atom is 0.338 e. The summed E-state index contributed by atoms with van der Waals surface area (Å²) in [6, 6.07) is 15.7. The predicted octanol–water partition coefficient (Wildman–Crippen LogP) is 2.84. The van der Waals surface area contributed by atoms with E-state index in [-0.39, 0.29) is 5.56 Å². The van der Waals surface area contributed by atoms with Gasteiger partial charge in [-0.05, 0) is 31.2 Å². The highest BCUT2D eigenvalue weighted by Crippen LogP contribution is 2.16. The Hall–Kier alpha value is -2.95. The number of esters is 1. The van der Waals surface area contributed by atoms with Crippen molar-refractivity contribution in [2.75, 3.05) is 0 Å². The second-order valence-corrected chi connectivity index (χ2v) is 4.88. The Morgan fingerprint density at radius 2 is 1.77 bits per heavy atom. The molecule has 0 amide bonds. The van der Waals surface area contributed by atoms with Crippen LogP contribution in [0.15, 0.2) is 59.4 Å². The standard InChI is InChI=1S/C17H14N2O3/c1-11(22-17(21)12-7-3-2-4-8-12)15-18-14-10-6-5-9-13(14)16(20)19-15/h2-11H,1H3,(H,18,19,20)/t11-/m0/s1. The summed E-state index contributed by atoms with van der Waals surface area (Å²) in [5.41, 5.74) is 0.782. The van der Waals surface area contributed by atoms with Crippen molar-refractivity contribution in [2.45, 2.75) is 13.0 Å². The largest absolute Gasteiger partial charge is 0.451 e. The molecule has 2 aromatic carbocycles. The van der Waals surface area contributed by atoms with Gasteiger partial charge in [0.05, 0.1) is 16.5 Å². The topological polar surface area (TPSA) is 72.0 Å². The van der Waals surface area contributed by atoms with Gasteiger partial charge in [0.25, 0.3) is 5.56 Å². The van der Waals surface area contributed by atoms with E-state index in [1.807, 2.05) is 6.07 Å². The molecule has 5 nitrogen and oxygen atoms in total. The van der Waals surface area contributed by atoms with Gasteiger partial charge < -0.3 is 9.72 Å². The first-order chi connectivity index (χ1) is 10.6. The number of carbonyl (C=O) groups is 1. The first-order valence-electron chi connectivity index (χ1n) is 6.90. The molecule has 0 spiro atoms. The Labute approximate surface area is 126 Å². The zero-order chi connectivity index (χ0) is 15.5. The summed E-state index contributed by atoms with van der Waals surface area (Å²) >= 11 is 0. The lowest BCUT2D eigenvalue weighted by Crippen LogP contribution is -2.17. The molecule has 1 heterocycles. The maximum absolute atomic E-state index is 12.0. The Bertz CT molecular complexity index is 872. The molecule has 110 valence electrons. The molecule has 3 rings (SSSR count). The minimum atomic E-state index is -0.648. The summed E-state index contributed by atoms with van der Waals surface area (Å²) in [6.45, 7) is 1.67. The van der Waals surface area contributed by atoms with E-state index in [0.717, 1.165) is 0 Å². The van der Waals surface area contributed by atoms with Gasteiger partial charge in [0.15, 0.2) is 11.9 Å². The number of aromatic nitrogens is 2. The van der Waals surface area contributed by atoms with E-state index in [4.69, 9.17) is 4.74 Å². The first kappa shape index (κ1) is 14.0. The van der Waals surface area contributed by atoms with E-state index < -0.39 is 12.1 Å². The Kier molecular flexibility index (Phi) is 3.70. The third-order valence-electron chi connectivity index (χ3n) is 3.31. The molecule has 0 fully saturated rings. The van der Waals surface area contributed by atoms with Crippen molar-refractivity contribution in [1.29, 1.82) is 0 Å². The fourth-order valence-corrected chi connectivity index (χ4v) is 2.16. The smallest absolute Gasteiger partial charge is 0.338 e. The van der Waals surface area contributed by atoms with E-state index in [9.17, 15) is 9.59 Å². The summed E-state index contributed by atoms with van der Waals surface area (Å²) in [5, 5.41) is 0.507. The number of nitrogens with one attached hydrogen (secondary N) is 1. The number of aromatic amines is 1. The molecule has 22 heavy (non-hydrogen) atoms. The van der Waals surface area contributed by atoms with Crippen LogP contribution in [0.3, 0.4) is 0 Å². The number of hydrogen-bond acceptors (Lipinski definition) is 4. The highest BCUT2D eigenvalue weighted by Gasteiger charge is 2.16. The van der Waals surface area contributed by atoms with Crippen molar-refractivity contribution in [2.24, 2.45) is 0 Å². The quantitative estimate of drug-likeness (QED) is 0.754. The Morgan fingerprint density at radius 3 is 2.55 bits per heavy atom. The number of H-pyrrole nitrogens is 1. The highest BCUT2D eigenvalue weighted by atomic mass is 16.5. The van der Waals surface area contributed by atoms with Crippen molar-refractivity contribution in [1.82, 2.24) is 9.97 Å². The lowest BCUT2D eigenvalue weighted by molar-refractivity contribution is 0.0320. The minimum absolute atomic E-state index is 0.247. The van der Waals surface area contributed by atoms with Gasteiger partial charge in [-0.15, -0.1) is 0 Å². The molecule has 1 aromatic heterocycles. The predicted molar refractivity (Wildman–Crippen MR) is 82.6 cm³/mol. The van der Waals surface area contributed by atoms with Gasteiger partial charge in [0.2, 0.25) is 0 Å². The molecule has 1 atom stereocenters. The van der Waals surface area contributed by atoms with Gasteiger partial charge in [0, 0.05) is 0 Å². The minimum Gasteiger partial charge on any atom is -0.451 e. The number of nitrogens with zero attached hydrogens (tertiary/aromatic N) is 1. The molecular weight excluding hydrogens is 280 g/mol. The molecule has 5 heteroatoms. The molecule has 0 aliphatic heterocycles. The average Bonchev–Trinajstić information content (AvgIpc) is 2.55. The zero-order valence-electron chi connectivity index (χ0n) is 11.9. The highest BCUT2D eigenvalue weighted by molar-refractivity contribution is 5.89. The van der Waals surface area contributed by atoms with E-state index >= 15 is 0 Å². The summed E-state index contributed by atoms with van der Waals surface area (Å²) < 4.78 is 5.35. The molecule has 0 bridgehead atoms. The van der Waals surface area contributed by atoms with Gasteiger partial charge in [0.1, 0.15) is 0 Å². The van der Waals surface area contributed by atoms with Gasteiger partial charge in [-0.3, -0.25) is 4.79 Å². The van der Waals surface area contributed by atoms with Gasteiger partial charge >= 0.3 is 5.97 Å². The third-order valence-corrected chi connectivity index (χ3v) is 3.31. The molecule has 0 aliphatic rings. The van der Waals surface area contributed by atoms with Crippen LogP contribution >= 0.6 is 0 Å². The van der Waals surface area contributed by atoms with Crippen LogP contribution in [-0.4, -0.2) is 15.9 Å². The lowest BCUT2D eigenvalue weighted by Gasteiger charge is -2.13. The number of carbonyl (C=O) groups excluding carboxylic acids is 1. The van der Waals surface area contributed by atoms with Crippen LogP contribution in [0.25, 0.3) is 10.9 Å². The molecule has 0 unspecified atom stereocenters. The van der Waals surface area contributed by atoms with E-state index in [1.54, 1.807) is 55.5 Å². The van der Waals surface area contributed by atoms with Crippen molar-refractivity contribution < 1.29 is 9.53 Å². The first-order valence-corrected chi connectivity index (χ1v) is 6.90. The molecule has 1 N–H and O–H groups in total. The zero-order valence-corrected chi connectivity index (χ0v) is 11.9. The summed E-state index contributed by atoms with van der Waals surface area (Å²) in [4.78, 5) is 31.1. The van der Waals surface area contributed by atoms with Crippen LogP contribution in [0.2, 0.25) is 0 Å². The van der Waals surface area contributed by atoms with Crippen molar-refractivity contribution in [3.8, 4) is 0 Å². The average molecular weight is 294 g/mol. The monoisotopic (exact) mass is 294 g/mol. The maximum atomic E-state index is 12.0. The van der Waals surface area contributed by atoms with E-state index in [2.05, 4.69) is 9.97 Å². The molecule has 0 aliphatic carbocycles. The normalized spacial score (nSPS) is 12.0. The number of benzene rings is 2. The Morgan fingerprint density at radius 1 is 1.09 bits per heavy atom. The lowest BCUT2D eigenvalue weighted by atomic mass is 10.2. The van der Waals surface area contributed by atoms with E-state index in [0.29, 0.717) is 22.3 Å². The van der Waals surface area contributed by atoms with Gasteiger partial charge in [-0.1, -0.05) is 30.3 Å². The van der Waals surface area contributed by atoms with Crippen molar-refractivity contribution >= 4 is 16.9 Å². The van der Waals surface area contributed by atoms with Gasteiger partial charge in [-0.2, -0.15) is 0 Å². The van der Waals surface area contributed by atoms with Crippen LogP contribution < -0.4 is 5.56 Å². The second-order valence-electron chi connectivity index (χ2n) is 4.88. The fraction of sp³-hybridized carbons (Fsp3) is 0.118. The van der Waals surface area contributed by atoms with Crippen molar-refractivity contribution in [3.63, 3.8) is 0 Å². The molecule has 3 aromatic rings. The summed E-state index contributed by atoms with van der Waals surface area (Å²) in [7, 11) is 0. The summed E-state index contributed by atoms with van der Waals surface area (Å²) in [5.74, 6) is -0.128. The number of rotatable bonds is 3. The molecule has 0 radical (unpaired) electrons. The number of fused-ring (bicyclic) bond motifs is 1. The van der Waals surface area contributed by atoms with Crippen LogP contribution in [0.5, 0.6) is 0 Å². The van der Waals surface area contributed by atoms with Crippen LogP contribution in [-0.2, 0) is 4.74 Å².